The highest BCUT2D eigenvalue weighted by Gasteiger charge is 1.91. The lowest BCUT2D eigenvalue weighted by atomic mass is 10.4. The Morgan fingerprint density at radius 3 is 1.48 bits per heavy atom. The lowest BCUT2D eigenvalue weighted by molar-refractivity contribution is 0.494. The molecule has 0 unspecified atom stereocenters. The maximum Gasteiger partial charge on any atom is 0.191 e. The molecule has 9 nitrogen and oxygen atoms in total. The summed E-state index contributed by atoms with van der Waals surface area (Å²) >= 11 is 5.12. The Morgan fingerprint density at radius 1 is 0.619 bits per heavy atom. The summed E-state index contributed by atoms with van der Waals surface area (Å²) in [5.74, 6) is 3.24. The average Bonchev–Trinajstić information content (AvgIpc) is 3.78. The highest BCUT2D eigenvalue weighted by atomic mass is 32.1. The van der Waals surface area contributed by atoms with Crippen LogP contribution in [-0.2, 0) is 0 Å². The number of rotatable bonds is 0. The number of nitrogens with zero attached hydrogens (tertiary/aromatic N) is 6. The Bertz CT molecular complexity index is 1250. The summed E-state index contributed by atoms with van der Waals surface area (Å²) in [6.45, 7) is 23.4. The van der Waals surface area contributed by atoms with Crippen LogP contribution in [0.1, 0.15) is 65.8 Å². The summed E-state index contributed by atoms with van der Waals surface area (Å²) in [7, 11) is 0. The highest BCUT2D eigenvalue weighted by molar-refractivity contribution is 7.11. The minimum absolute atomic E-state index is 0.734. The van der Waals surface area contributed by atoms with Crippen molar-refractivity contribution in [3.63, 3.8) is 0 Å². The Labute approximate surface area is 261 Å². The smallest absolute Gasteiger partial charge is 0.191 e. The van der Waals surface area contributed by atoms with Gasteiger partial charge in [-0.05, 0) is 69.2 Å². The maximum atomic E-state index is 4.97. The van der Waals surface area contributed by atoms with E-state index < -0.39 is 0 Å². The fraction of sp³-hybridized carbons (Fsp3) is 0.400. The number of aromatic nitrogens is 6. The number of aryl methyl sites for hydroxylation is 12. The van der Waals surface area contributed by atoms with Gasteiger partial charge in [-0.25, -0.2) is 29.9 Å². The van der Waals surface area contributed by atoms with Gasteiger partial charge in [0.2, 0.25) is 0 Å². The molecule has 0 fully saturated rings. The van der Waals surface area contributed by atoms with E-state index in [1.807, 2.05) is 80.9 Å². The van der Waals surface area contributed by atoms with E-state index in [0.717, 1.165) is 56.1 Å². The fourth-order valence-electron chi connectivity index (χ4n) is 2.60. The molecule has 228 valence electrons. The summed E-state index contributed by atoms with van der Waals surface area (Å²) in [6.07, 6.45) is 6.68. The average molecular weight is 631 g/mol. The second kappa shape index (κ2) is 19.6. The monoisotopic (exact) mass is 630 g/mol. The topological polar surface area (TPSA) is 117 Å². The zero-order valence-corrected chi connectivity index (χ0v) is 29.0. The van der Waals surface area contributed by atoms with Gasteiger partial charge in [0.1, 0.15) is 17.8 Å². The second-order valence-electron chi connectivity index (χ2n) is 8.98. The lowest BCUT2D eigenvalue weighted by Crippen LogP contribution is -1.69. The van der Waals surface area contributed by atoms with E-state index in [9.17, 15) is 0 Å². The molecule has 12 heteroatoms. The largest absolute Gasteiger partial charge is 0.449 e. The molecule has 0 aliphatic heterocycles. The minimum atomic E-state index is 0.734. The Kier molecular flexibility index (Phi) is 17.1. The Morgan fingerprint density at radius 2 is 1.33 bits per heavy atom. The summed E-state index contributed by atoms with van der Waals surface area (Å²) in [6, 6.07) is 0. The van der Waals surface area contributed by atoms with Crippen molar-refractivity contribution >= 4 is 34.0 Å². The summed E-state index contributed by atoms with van der Waals surface area (Å²) in [5, 5.41) is 4.35. The zero-order chi connectivity index (χ0) is 31.7. The molecule has 0 N–H and O–H groups in total. The molecule has 0 saturated carbocycles. The van der Waals surface area contributed by atoms with Crippen LogP contribution in [-0.4, -0.2) is 29.9 Å². The molecule has 6 aromatic heterocycles. The molecule has 0 aromatic carbocycles. The van der Waals surface area contributed by atoms with Gasteiger partial charge in [-0.2, -0.15) is 0 Å². The molecule has 6 aromatic rings. The first-order chi connectivity index (χ1) is 19.8. The molecule has 42 heavy (non-hydrogen) atoms. The molecule has 0 amide bonds. The van der Waals surface area contributed by atoms with E-state index in [1.54, 1.807) is 46.5 Å². The molecule has 0 atom stereocenters. The van der Waals surface area contributed by atoms with E-state index in [4.69, 9.17) is 13.3 Å². The molecule has 0 bridgehead atoms. The second-order valence-corrected chi connectivity index (χ2v) is 12.5. The van der Waals surface area contributed by atoms with Crippen LogP contribution < -0.4 is 0 Å². The lowest BCUT2D eigenvalue weighted by Gasteiger charge is -1.77. The van der Waals surface area contributed by atoms with Gasteiger partial charge in [0.05, 0.1) is 38.8 Å². The predicted octanol–water partition coefficient (Wildman–Crippen LogP) is 9.15. The molecular formula is C30H42N6O3S3. The third-order valence-corrected chi connectivity index (χ3v) is 7.49. The van der Waals surface area contributed by atoms with Crippen molar-refractivity contribution in [1.29, 1.82) is 0 Å². The first kappa shape index (κ1) is 36.5. The quantitative estimate of drug-likeness (QED) is 0.162. The van der Waals surface area contributed by atoms with Crippen molar-refractivity contribution < 1.29 is 13.3 Å². The number of hydrogen-bond donors (Lipinski definition) is 0. The molecule has 0 spiro atoms. The number of hydrogen-bond acceptors (Lipinski definition) is 12. The highest BCUT2D eigenvalue weighted by Crippen LogP contribution is 2.08. The first-order valence-corrected chi connectivity index (χ1v) is 15.6. The van der Waals surface area contributed by atoms with Gasteiger partial charge in [0.15, 0.2) is 18.2 Å². The van der Waals surface area contributed by atoms with Crippen molar-refractivity contribution in [3.8, 4) is 0 Å². The summed E-state index contributed by atoms with van der Waals surface area (Å²) in [4.78, 5) is 26.5. The molecular weight excluding hydrogens is 589 g/mol. The van der Waals surface area contributed by atoms with E-state index in [1.165, 1.54) is 16.1 Å². The van der Waals surface area contributed by atoms with Crippen LogP contribution in [0.3, 0.4) is 0 Å². The predicted molar refractivity (Wildman–Crippen MR) is 173 cm³/mol. The molecule has 0 saturated heterocycles. The van der Waals surface area contributed by atoms with Crippen LogP contribution in [0.2, 0.25) is 0 Å². The SMILES string of the molecule is Cc1cnc(C)o1.Cc1cnc(C)s1.Cc1coc(C)n1.Cc1csc(C)n1.Cc1ncoc1C.Cc1ncsc1C. The van der Waals surface area contributed by atoms with Crippen molar-refractivity contribution in [2.24, 2.45) is 0 Å². The molecule has 6 rings (SSSR count). The van der Waals surface area contributed by atoms with Crippen LogP contribution in [0.25, 0.3) is 0 Å². The van der Waals surface area contributed by atoms with Crippen LogP contribution in [0.5, 0.6) is 0 Å². The Balaban J connectivity index is 0.000000252. The molecule has 0 radical (unpaired) electrons. The number of oxazole rings is 3. The Hall–Kier alpha value is -3.48. The zero-order valence-electron chi connectivity index (χ0n) is 26.6. The third-order valence-electron chi connectivity index (χ3n) is 4.91. The fourth-order valence-corrected chi connectivity index (χ4v) is 4.46. The minimum Gasteiger partial charge on any atom is -0.449 e. The molecule has 0 aliphatic carbocycles. The van der Waals surface area contributed by atoms with Gasteiger partial charge >= 0.3 is 0 Å². The van der Waals surface area contributed by atoms with Gasteiger partial charge in [0.25, 0.3) is 0 Å². The maximum absolute atomic E-state index is 4.97. The van der Waals surface area contributed by atoms with E-state index in [-0.39, 0.29) is 0 Å². The van der Waals surface area contributed by atoms with E-state index in [0.29, 0.717) is 0 Å². The summed E-state index contributed by atoms with van der Waals surface area (Å²) in [5.41, 5.74) is 6.06. The van der Waals surface area contributed by atoms with E-state index in [2.05, 4.69) is 49.1 Å². The molecule has 0 aliphatic rings. The van der Waals surface area contributed by atoms with Crippen LogP contribution >= 0.6 is 34.0 Å². The van der Waals surface area contributed by atoms with Gasteiger partial charge in [0, 0.05) is 40.9 Å². The van der Waals surface area contributed by atoms with Crippen molar-refractivity contribution in [2.75, 3.05) is 0 Å². The van der Waals surface area contributed by atoms with Crippen molar-refractivity contribution in [3.05, 3.63) is 102 Å². The van der Waals surface area contributed by atoms with Gasteiger partial charge in [-0.15, -0.1) is 34.0 Å². The van der Waals surface area contributed by atoms with Gasteiger partial charge in [-0.3, -0.25) is 0 Å². The van der Waals surface area contributed by atoms with Crippen molar-refractivity contribution in [1.82, 2.24) is 29.9 Å². The van der Waals surface area contributed by atoms with Crippen molar-refractivity contribution in [2.45, 2.75) is 83.1 Å². The van der Waals surface area contributed by atoms with Gasteiger partial charge < -0.3 is 13.3 Å². The van der Waals surface area contributed by atoms with Crippen LogP contribution in [0.4, 0.5) is 0 Å². The van der Waals surface area contributed by atoms with Crippen LogP contribution in [0, 0.1) is 83.1 Å². The third kappa shape index (κ3) is 16.7. The van der Waals surface area contributed by atoms with Crippen LogP contribution in [0.15, 0.2) is 49.2 Å². The number of thiazole rings is 3. The van der Waals surface area contributed by atoms with E-state index >= 15 is 0 Å². The van der Waals surface area contributed by atoms with Gasteiger partial charge in [-0.1, -0.05) is 0 Å². The molecule has 6 heterocycles. The summed E-state index contributed by atoms with van der Waals surface area (Å²) < 4.78 is 14.7. The first-order valence-electron chi connectivity index (χ1n) is 13.1. The normalized spacial score (nSPS) is 9.43. The standard InChI is InChI=1S/3C5H7NO.3C5H7NS/c1-4-5(2)7-3-6-4;1-4-3-7-5(2)6-4;1-4-3-6-5(2)7-4;1-4-5(2)7-3-6-4;1-4-3-7-5(2)6-4;1-4-3-6-5(2)7-4/h6*3H,1-2H3.